The molecule has 124 valence electrons. The fraction of sp³-hybridized carbons (Fsp3) is 0.500. The predicted molar refractivity (Wildman–Crippen MR) is 88.7 cm³/mol. The Bertz CT molecular complexity index is 612. The number of rotatable bonds is 4. The van der Waals surface area contributed by atoms with Gasteiger partial charge in [0.1, 0.15) is 0 Å². The molecule has 7 heteroatoms. The van der Waals surface area contributed by atoms with Crippen LogP contribution in [0.2, 0.25) is 0 Å². The van der Waals surface area contributed by atoms with Gasteiger partial charge in [0.25, 0.3) is 0 Å². The molecule has 1 saturated heterocycles. The number of nitrogens with zero attached hydrogens (tertiary/aromatic N) is 1. The maximum Gasteiger partial charge on any atom is 0.491 e. The number of methoxy groups -OCH3 is 1. The molecule has 6 nitrogen and oxygen atoms in total. The summed E-state index contributed by atoms with van der Waals surface area (Å²) in [6.07, 6.45) is 3.34. The smallest absolute Gasteiger partial charge is 0.465 e. The Morgan fingerprint density at radius 2 is 1.96 bits per heavy atom. The zero-order chi connectivity index (χ0) is 17.3. The largest absolute Gasteiger partial charge is 0.491 e. The molecule has 1 fully saturated rings. The van der Waals surface area contributed by atoms with Crippen molar-refractivity contribution in [3.63, 3.8) is 0 Å². The molecule has 1 aromatic heterocycles. The van der Waals surface area contributed by atoms with Crippen LogP contribution in [0.25, 0.3) is 6.08 Å². The summed E-state index contributed by atoms with van der Waals surface area (Å²) >= 11 is 0. The first-order chi connectivity index (χ1) is 10.7. The normalized spacial score (nSPS) is 19.7. The van der Waals surface area contributed by atoms with Crippen LogP contribution in [0.4, 0.5) is 0 Å². The summed E-state index contributed by atoms with van der Waals surface area (Å²) in [5.74, 6) is -0.410. The van der Waals surface area contributed by atoms with Crippen LogP contribution >= 0.6 is 0 Å². The van der Waals surface area contributed by atoms with Crippen molar-refractivity contribution in [2.75, 3.05) is 13.7 Å². The Morgan fingerprint density at radius 3 is 2.48 bits per heavy atom. The summed E-state index contributed by atoms with van der Waals surface area (Å²) in [5.41, 5.74) is 6.77. The summed E-state index contributed by atoms with van der Waals surface area (Å²) in [5, 5.41) is 0. The van der Waals surface area contributed by atoms with Crippen LogP contribution in [-0.2, 0) is 14.0 Å². The van der Waals surface area contributed by atoms with E-state index in [1.807, 2.05) is 27.7 Å². The van der Waals surface area contributed by atoms with Gasteiger partial charge in [0.2, 0.25) is 0 Å². The second kappa shape index (κ2) is 6.43. The molecule has 1 aliphatic heterocycles. The maximum absolute atomic E-state index is 11.6. The number of aromatic nitrogens is 1. The van der Waals surface area contributed by atoms with E-state index in [9.17, 15) is 4.79 Å². The van der Waals surface area contributed by atoms with E-state index in [0.29, 0.717) is 11.3 Å². The summed E-state index contributed by atoms with van der Waals surface area (Å²) in [6.45, 7) is 8.20. The Balaban J connectivity index is 2.28. The topological polar surface area (TPSA) is 83.7 Å². The molecular formula is C16H23BN2O4. The van der Waals surface area contributed by atoms with E-state index in [1.54, 1.807) is 24.4 Å². The van der Waals surface area contributed by atoms with Crippen molar-refractivity contribution in [2.45, 2.75) is 38.9 Å². The van der Waals surface area contributed by atoms with E-state index in [4.69, 9.17) is 19.8 Å². The van der Waals surface area contributed by atoms with Crippen molar-refractivity contribution in [1.82, 2.24) is 4.98 Å². The molecule has 0 bridgehead atoms. The maximum atomic E-state index is 11.6. The van der Waals surface area contributed by atoms with Gasteiger partial charge in [-0.25, -0.2) is 4.79 Å². The van der Waals surface area contributed by atoms with Gasteiger partial charge in [0.05, 0.1) is 29.6 Å². The second-order valence-corrected chi connectivity index (χ2v) is 6.47. The minimum absolute atomic E-state index is 0.265. The Labute approximate surface area is 137 Å². The first-order valence-corrected chi connectivity index (χ1v) is 7.51. The number of ether oxygens (including phenoxy) is 1. The SMILES string of the molecule is COC(=O)c1ccnc(C=C(CN)B2OC(C)(C)C(C)(C)O2)c1. The first kappa shape index (κ1) is 17.7. The summed E-state index contributed by atoms with van der Waals surface area (Å²) in [7, 11) is 0.808. The molecule has 0 atom stereocenters. The van der Waals surface area contributed by atoms with Crippen molar-refractivity contribution < 1.29 is 18.8 Å². The molecular weight excluding hydrogens is 295 g/mol. The van der Waals surface area contributed by atoms with E-state index in [1.165, 1.54) is 7.11 Å². The number of nitrogens with two attached hydrogens (primary N) is 1. The van der Waals surface area contributed by atoms with E-state index in [2.05, 4.69) is 4.98 Å². The van der Waals surface area contributed by atoms with E-state index in [0.717, 1.165) is 5.47 Å². The van der Waals surface area contributed by atoms with Crippen LogP contribution in [0.3, 0.4) is 0 Å². The molecule has 1 aromatic rings. The highest BCUT2D eigenvalue weighted by atomic mass is 16.7. The minimum atomic E-state index is -0.534. The zero-order valence-corrected chi connectivity index (χ0v) is 14.3. The third kappa shape index (κ3) is 3.63. The van der Waals surface area contributed by atoms with Gasteiger partial charge in [-0.2, -0.15) is 0 Å². The van der Waals surface area contributed by atoms with Crippen molar-refractivity contribution in [2.24, 2.45) is 5.73 Å². The van der Waals surface area contributed by atoms with Gasteiger partial charge in [0, 0.05) is 12.7 Å². The van der Waals surface area contributed by atoms with E-state index in [-0.39, 0.29) is 6.54 Å². The summed E-state index contributed by atoms with van der Waals surface area (Å²) in [6, 6.07) is 3.24. The lowest BCUT2D eigenvalue weighted by Gasteiger charge is -2.32. The fourth-order valence-electron chi connectivity index (χ4n) is 2.18. The van der Waals surface area contributed by atoms with Gasteiger partial charge in [-0.3, -0.25) is 4.98 Å². The Morgan fingerprint density at radius 1 is 1.35 bits per heavy atom. The quantitative estimate of drug-likeness (QED) is 0.674. The molecule has 23 heavy (non-hydrogen) atoms. The molecule has 0 amide bonds. The van der Waals surface area contributed by atoms with Gasteiger partial charge in [0.15, 0.2) is 0 Å². The van der Waals surface area contributed by atoms with Crippen LogP contribution in [0.1, 0.15) is 43.7 Å². The van der Waals surface area contributed by atoms with Crippen molar-refractivity contribution >= 4 is 19.2 Å². The van der Waals surface area contributed by atoms with Crippen molar-refractivity contribution in [1.29, 1.82) is 0 Å². The third-order valence-corrected chi connectivity index (χ3v) is 4.33. The summed E-state index contributed by atoms with van der Waals surface area (Å²) in [4.78, 5) is 15.8. The second-order valence-electron chi connectivity index (χ2n) is 6.47. The molecule has 0 unspecified atom stereocenters. The lowest BCUT2D eigenvalue weighted by atomic mass is 9.77. The van der Waals surface area contributed by atoms with Gasteiger partial charge in [-0.1, -0.05) is 0 Å². The number of esters is 1. The van der Waals surface area contributed by atoms with Crippen LogP contribution in [0, 0.1) is 0 Å². The highest BCUT2D eigenvalue weighted by Crippen LogP contribution is 2.38. The standard InChI is InChI=1S/C16H23BN2O4/c1-15(2)16(3,4)23-17(22-15)12(10-18)9-13-8-11(6-7-19-13)14(20)21-5/h6-9H,10,18H2,1-5H3. The zero-order valence-electron chi connectivity index (χ0n) is 14.3. The number of pyridine rings is 1. The van der Waals surface area contributed by atoms with Crippen molar-refractivity contribution in [3.8, 4) is 0 Å². The van der Waals surface area contributed by atoms with Crippen molar-refractivity contribution in [3.05, 3.63) is 35.1 Å². The molecule has 0 radical (unpaired) electrons. The highest BCUT2D eigenvalue weighted by Gasteiger charge is 2.52. The number of hydrogen-bond acceptors (Lipinski definition) is 6. The average molecular weight is 318 g/mol. The molecule has 1 aliphatic rings. The Kier molecular flexibility index (Phi) is 4.94. The molecule has 0 saturated carbocycles. The van der Waals surface area contributed by atoms with Crippen LogP contribution in [-0.4, -0.2) is 42.9 Å². The monoisotopic (exact) mass is 318 g/mol. The molecule has 0 spiro atoms. The lowest BCUT2D eigenvalue weighted by molar-refractivity contribution is 0.00578. The molecule has 0 aromatic carbocycles. The third-order valence-electron chi connectivity index (χ3n) is 4.33. The number of carbonyl (C=O) groups is 1. The van der Waals surface area contributed by atoms with Gasteiger partial charge in [-0.15, -0.1) is 0 Å². The summed E-state index contributed by atoms with van der Waals surface area (Å²) < 4.78 is 16.7. The average Bonchev–Trinajstić information content (AvgIpc) is 2.72. The van der Waals surface area contributed by atoms with Gasteiger partial charge < -0.3 is 19.8 Å². The predicted octanol–water partition coefficient (Wildman–Crippen LogP) is 1.84. The number of hydrogen-bond donors (Lipinski definition) is 1. The molecule has 0 aliphatic carbocycles. The van der Waals surface area contributed by atoms with Crippen LogP contribution in [0.5, 0.6) is 0 Å². The number of carbonyl (C=O) groups excluding carboxylic acids is 1. The fourth-order valence-corrected chi connectivity index (χ4v) is 2.18. The molecule has 2 heterocycles. The Hall–Kier alpha value is -1.70. The van der Waals surface area contributed by atoms with E-state index >= 15 is 0 Å². The first-order valence-electron chi connectivity index (χ1n) is 7.51. The van der Waals surface area contributed by atoms with Gasteiger partial charge in [-0.05, 0) is 51.4 Å². The molecule has 2 N–H and O–H groups in total. The van der Waals surface area contributed by atoms with Crippen LogP contribution in [0.15, 0.2) is 23.8 Å². The van der Waals surface area contributed by atoms with Gasteiger partial charge >= 0.3 is 13.1 Å². The minimum Gasteiger partial charge on any atom is -0.465 e. The van der Waals surface area contributed by atoms with Crippen LogP contribution < -0.4 is 5.73 Å². The van der Waals surface area contributed by atoms with E-state index < -0.39 is 24.3 Å². The lowest BCUT2D eigenvalue weighted by Crippen LogP contribution is -2.41. The molecule has 2 rings (SSSR count). The highest BCUT2D eigenvalue weighted by molar-refractivity contribution is 6.55.